The molecule has 6 nitrogen and oxygen atoms in total. The van der Waals surface area contributed by atoms with E-state index < -0.39 is 5.91 Å². The topological polar surface area (TPSA) is 94.6 Å². The molecule has 0 fully saturated rings. The molecule has 0 atom stereocenters. The molecule has 0 saturated carbocycles. The minimum absolute atomic E-state index is 0.127. The Morgan fingerprint density at radius 1 is 1.07 bits per heavy atom. The Kier molecular flexibility index (Phi) is 7.26. The van der Waals surface area contributed by atoms with Gasteiger partial charge in [0, 0.05) is 0 Å². The van der Waals surface area contributed by atoms with Crippen molar-refractivity contribution in [2.75, 3.05) is 19.8 Å². The molecule has 140 valence electrons. The lowest BCUT2D eigenvalue weighted by Gasteiger charge is -2.13. The summed E-state index contributed by atoms with van der Waals surface area (Å²) < 4.78 is 17.0. The number of carbonyl (C=O) groups excluding carboxylic acids is 1. The first-order chi connectivity index (χ1) is 13.0. The Bertz CT molecular complexity index is 851. The van der Waals surface area contributed by atoms with E-state index in [2.05, 4.69) is 0 Å². The first-order valence-corrected chi connectivity index (χ1v) is 8.54. The van der Waals surface area contributed by atoms with Crippen molar-refractivity contribution in [1.82, 2.24) is 0 Å². The Labute approximate surface area is 158 Å². The lowest BCUT2D eigenvalue weighted by Crippen LogP contribution is -2.12. The SMILES string of the molecule is CCOc1cc(/C=C(\C#N)C(N)=O)ccc1OCCOc1ccc(C)cc1. The van der Waals surface area contributed by atoms with Gasteiger partial charge in [-0.3, -0.25) is 4.79 Å². The minimum atomic E-state index is -0.774. The average molecular weight is 366 g/mol. The zero-order valence-corrected chi connectivity index (χ0v) is 15.4. The third kappa shape index (κ3) is 6.08. The maximum Gasteiger partial charge on any atom is 0.259 e. The summed E-state index contributed by atoms with van der Waals surface area (Å²) in [6.45, 7) is 5.05. The second-order valence-electron chi connectivity index (χ2n) is 5.68. The average Bonchev–Trinajstić information content (AvgIpc) is 2.66. The third-order valence-corrected chi connectivity index (χ3v) is 3.60. The van der Waals surface area contributed by atoms with Gasteiger partial charge in [0.05, 0.1) is 6.61 Å². The molecule has 0 aliphatic rings. The molecule has 1 amide bonds. The predicted molar refractivity (Wildman–Crippen MR) is 103 cm³/mol. The molecule has 0 heterocycles. The second kappa shape index (κ2) is 9.88. The van der Waals surface area contributed by atoms with E-state index in [0.717, 1.165) is 5.75 Å². The number of amides is 1. The predicted octanol–water partition coefficient (Wildman–Crippen LogP) is 3.24. The fraction of sp³-hybridized carbons (Fsp3) is 0.238. The van der Waals surface area contributed by atoms with Crippen LogP contribution in [0.15, 0.2) is 48.0 Å². The maximum atomic E-state index is 11.2. The van der Waals surface area contributed by atoms with Gasteiger partial charge in [-0.25, -0.2) is 0 Å². The summed E-state index contributed by atoms with van der Waals surface area (Å²) in [6.07, 6.45) is 1.41. The number of hydrogen-bond donors (Lipinski definition) is 1. The van der Waals surface area contributed by atoms with Crippen molar-refractivity contribution in [3.05, 3.63) is 59.2 Å². The summed E-state index contributed by atoms with van der Waals surface area (Å²) in [5, 5.41) is 8.95. The van der Waals surface area contributed by atoms with E-state index in [1.165, 1.54) is 11.6 Å². The van der Waals surface area contributed by atoms with Gasteiger partial charge in [0.15, 0.2) is 11.5 Å². The minimum Gasteiger partial charge on any atom is -0.490 e. The van der Waals surface area contributed by atoms with Gasteiger partial charge in [-0.2, -0.15) is 5.26 Å². The molecule has 0 aromatic heterocycles. The molecule has 2 aromatic carbocycles. The highest BCUT2D eigenvalue weighted by Gasteiger charge is 2.08. The fourth-order valence-corrected chi connectivity index (χ4v) is 2.27. The largest absolute Gasteiger partial charge is 0.490 e. The number of aryl methyl sites for hydroxylation is 1. The first kappa shape index (κ1) is 19.9. The molecule has 2 rings (SSSR count). The molecule has 27 heavy (non-hydrogen) atoms. The van der Waals surface area contributed by atoms with Gasteiger partial charge in [0.2, 0.25) is 0 Å². The Hall–Kier alpha value is -3.46. The quantitative estimate of drug-likeness (QED) is 0.418. The number of carbonyl (C=O) groups is 1. The van der Waals surface area contributed by atoms with E-state index in [1.54, 1.807) is 24.3 Å². The van der Waals surface area contributed by atoms with Gasteiger partial charge in [-0.1, -0.05) is 23.8 Å². The maximum absolute atomic E-state index is 11.2. The van der Waals surface area contributed by atoms with Crippen LogP contribution in [-0.2, 0) is 4.79 Å². The van der Waals surface area contributed by atoms with Crippen molar-refractivity contribution in [3.63, 3.8) is 0 Å². The number of primary amides is 1. The number of benzene rings is 2. The highest BCUT2D eigenvalue weighted by molar-refractivity contribution is 6.00. The number of rotatable bonds is 9. The van der Waals surface area contributed by atoms with Crippen LogP contribution in [0.1, 0.15) is 18.1 Å². The first-order valence-electron chi connectivity index (χ1n) is 8.54. The van der Waals surface area contributed by atoms with Crippen molar-refractivity contribution in [2.45, 2.75) is 13.8 Å². The van der Waals surface area contributed by atoms with Crippen molar-refractivity contribution in [3.8, 4) is 23.3 Å². The molecule has 0 aliphatic heterocycles. The van der Waals surface area contributed by atoms with E-state index in [-0.39, 0.29) is 5.57 Å². The molecule has 0 spiro atoms. The molecule has 0 unspecified atom stereocenters. The molecule has 0 saturated heterocycles. The standard InChI is InChI=1S/C21H22N2O4/c1-3-25-20-13-16(12-17(14-22)21(23)24)6-9-19(20)27-11-10-26-18-7-4-15(2)5-8-18/h4-9,12-13H,3,10-11H2,1-2H3,(H2,23,24)/b17-12+. The summed E-state index contributed by atoms with van der Waals surface area (Å²) in [5.41, 5.74) is 6.83. The van der Waals surface area contributed by atoms with E-state index in [4.69, 9.17) is 25.2 Å². The number of nitrogens with two attached hydrogens (primary N) is 1. The van der Waals surface area contributed by atoms with Crippen molar-refractivity contribution in [1.29, 1.82) is 5.26 Å². The van der Waals surface area contributed by atoms with Crippen LogP contribution in [-0.4, -0.2) is 25.7 Å². The van der Waals surface area contributed by atoms with Crippen molar-refractivity contribution >= 4 is 12.0 Å². The third-order valence-electron chi connectivity index (χ3n) is 3.60. The van der Waals surface area contributed by atoms with Crippen LogP contribution in [0.3, 0.4) is 0 Å². The normalized spacial score (nSPS) is 10.8. The van der Waals surface area contributed by atoms with Crippen LogP contribution in [0.4, 0.5) is 0 Å². The van der Waals surface area contributed by atoms with Gasteiger partial charge >= 0.3 is 0 Å². The fourth-order valence-electron chi connectivity index (χ4n) is 2.27. The highest BCUT2D eigenvalue weighted by atomic mass is 16.5. The molecule has 0 bridgehead atoms. The van der Waals surface area contributed by atoms with Crippen LogP contribution in [0.2, 0.25) is 0 Å². The van der Waals surface area contributed by atoms with Crippen LogP contribution in [0.5, 0.6) is 17.2 Å². The monoisotopic (exact) mass is 366 g/mol. The molecule has 0 aliphatic carbocycles. The van der Waals surface area contributed by atoms with Crippen LogP contribution in [0.25, 0.3) is 6.08 Å². The molecular weight excluding hydrogens is 344 g/mol. The summed E-state index contributed by atoms with van der Waals surface area (Å²) in [6, 6.07) is 14.7. The lowest BCUT2D eigenvalue weighted by atomic mass is 10.1. The number of nitrogens with zero attached hydrogens (tertiary/aromatic N) is 1. The smallest absolute Gasteiger partial charge is 0.259 e. The van der Waals surface area contributed by atoms with Gasteiger partial charge in [-0.15, -0.1) is 0 Å². The van der Waals surface area contributed by atoms with Gasteiger partial charge in [0.25, 0.3) is 5.91 Å². The lowest BCUT2D eigenvalue weighted by molar-refractivity contribution is -0.114. The Morgan fingerprint density at radius 2 is 1.78 bits per heavy atom. The van der Waals surface area contributed by atoms with E-state index >= 15 is 0 Å². The molecule has 0 radical (unpaired) electrons. The molecular formula is C21H22N2O4. The zero-order valence-electron chi connectivity index (χ0n) is 15.4. The number of hydrogen-bond acceptors (Lipinski definition) is 5. The van der Waals surface area contributed by atoms with E-state index in [1.807, 2.05) is 38.1 Å². The second-order valence-corrected chi connectivity index (χ2v) is 5.68. The zero-order chi connectivity index (χ0) is 19.6. The summed E-state index contributed by atoms with van der Waals surface area (Å²) in [4.78, 5) is 11.2. The van der Waals surface area contributed by atoms with Crippen LogP contribution >= 0.6 is 0 Å². The summed E-state index contributed by atoms with van der Waals surface area (Å²) in [5.74, 6) is 1.08. The van der Waals surface area contributed by atoms with Crippen LogP contribution in [0, 0.1) is 18.3 Å². The van der Waals surface area contributed by atoms with Crippen molar-refractivity contribution < 1.29 is 19.0 Å². The van der Waals surface area contributed by atoms with E-state index in [0.29, 0.717) is 36.9 Å². The highest BCUT2D eigenvalue weighted by Crippen LogP contribution is 2.29. The number of nitriles is 1. The molecule has 2 aromatic rings. The summed E-state index contributed by atoms with van der Waals surface area (Å²) >= 11 is 0. The van der Waals surface area contributed by atoms with Gasteiger partial charge < -0.3 is 19.9 Å². The van der Waals surface area contributed by atoms with Crippen molar-refractivity contribution in [2.24, 2.45) is 5.73 Å². The molecule has 2 N–H and O–H groups in total. The van der Waals surface area contributed by atoms with Gasteiger partial charge in [0.1, 0.15) is 30.6 Å². The van der Waals surface area contributed by atoms with Crippen LogP contribution < -0.4 is 19.9 Å². The number of ether oxygens (including phenoxy) is 3. The van der Waals surface area contributed by atoms with E-state index in [9.17, 15) is 4.79 Å². The van der Waals surface area contributed by atoms with Gasteiger partial charge in [-0.05, 0) is 49.8 Å². The Balaban J connectivity index is 2.02. The summed E-state index contributed by atoms with van der Waals surface area (Å²) in [7, 11) is 0. The molecule has 6 heteroatoms. The Morgan fingerprint density at radius 3 is 2.41 bits per heavy atom.